The topological polar surface area (TPSA) is 60.9 Å². The first-order valence-corrected chi connectivity index (χ1v) is 7.56. The highest BCUT2D eigenvalue weighted by Crippen LogP contribution is 2.35. The van der Waals surface area contributed by atoms with Crippen molar-refractivity contribution in [2.45, 2.75) is 6.17 Å². The van der Waals surface area contributed by atoms with Crippen molar-refractivity contribution < 1.29 is 14.8 Å². The van der Waals surface area contributed by atoms with Crippen LogP contribution in [-0.2, 0) is 4.79 Å². The number of hydrogen-bond acceptors (Lipinski definition) is 3. The normalized spacial score (nSPS) is 17.7. The number of benzene rings is 2. The number of rotatable bonds is 2. The van der Waals surface area contributed by atoms with Crippen LogP contribution < -0.4 is 0 Å². The maximum atomic E-state index is 12.7. The minimum absolute atomic E-state index is 0.228. The van der Waals surface area contributed by atoms with Gasteiger partial charge in [0.15, 0.2) is 6.17 Å². The zero-order valence-corrected chi connectivity index (χ0v) is 13.3. The van der Waals surface area contributed by atoms with Gasteiger partial charge in [-0.1, -0.05) is 47.5 Å². The molecule has 2 amide bonds. The number of halogens is 2. The fraction of sp³-hybridized carbons (Fsp3) is 0.125. The van der Waals surface area contributed by atoms with Gasteiger partial charge in [-0.25, -0.2) is 0 Å². The second-order valence-electron chi connectivity index (χ2n) is 5.08. The molecule has 0 aromatic heterocycles. The Kier molecular flexibility index (Phi) is 4.26. The lowest BCUT2D eigenvalue weighted by atomic mass is 10.1. The van der Waals surface area contributed by atoms with Crippen LogP contribution in [-0.4, -0.2) is 33.5 Å². The van der Waals surface area contributed by atoms with Gasteiger partial charge in [-0.15, -0.1) is 0 Å². The van der Waals surface area contributed by atoms with Gasteiger partial charge < -0.3 is 4.90 Å². The molecule has 0 unspecified atom stereocenters. The molecule has 1 heterocycles. The molecule has 5 nitrogen and oxygen atoms in total. The molecule has 0 bridgehead atoms. The highest BCUT2D eigenvalue weighted by molar-refractivity contribution is 6.35. The Morgan fingerprint density at radius 2 is 1.83 bits per heavy atom. The number of carbonyl (C=O) groups is 2. The van der Waals surface area contributed by atoms with Crippen molar-refractivity contribution in [3.05, 3.63) is 69.7 Å². The van der Waals surface area contributed by atoms with E-state index in [0.29, 0.717) is 21.2 Å². The van der Waals surface area contributed by atoms with E-state index in [4.69, 9.17) is 23.2 Å². The van der Waals surface area contributed by atoms with Gasteiger partial charge in [0.1, 0.15) is 6.54 Å². The molecule has 118 valence electrons. The second-order valence-corrected chi connectivity index (χ2v) is 5.92. The molecule has 2 aromatic rings. The fourth-order valence-corrected chi connectivity index (χ4v) is 3.02. The third-order valence-electron chi connectivity index (χ3n) is 3.61. The average molecular weight is 351 g/mol. The van der Waals surface area contributed by atoms with E-state index in [0.717, 1.165) is 0 Å². The minimum atomic E-state index is -0.986. The summed E-state index contributed by atoms with van der Waals surface area (Å²) in [6.07, 6.45) is -0.986. The summed E-state index contributed by atoms with van der Waals surface area (Å²) in [5.41, 5.74) is 0.847. The van der Waals surface area contributed by atoms with E-state index in [2.05, 4.69) is 0 Å². The Hall–Kier alpha value is -2.08. The van der Waals surface area contributed by atoms with E-state index in [1.54, 1.807) is 42.5 Å². The summed E-state index contributed by atoms with van der Waals surface area (Å²) in [6, 6.07) is 13.2. The maximum absolute atomic E-state index is 12.7. The van der Waals surface area contributed by atoms with E-state index in [1.165, 1.54) is 11.0 Å². The van der Waals surface area contributed by atoms with Crippen molar-refractivity contribution in [2.24, 2.45) is 0 Å². The van der Waals surface area contributed by atoms with Crippen LogP contribution in [0.3, 0.4) is 0 Å². The van der Waals surface area contributed by atoms with Crippen LogP contribution in [0.15, 0.2) is 48.5 Å². The Morgan fingerprint density at radius 1 is 1.13 bits per heavy atom. The summed E-state index contributed by atoms with van der Waals surface area (Å²) >= 11 is 12.0. The van der Waals surface area contributed by atoms with Gasteiger partial charge in [0.2, 0.25) is 0 Å². The van der Waals surface area contributed by atoms with Crippen molar-refractivity contribution in [3.63, 3.8) is 0 Å². The fourth-order valence-electron chi connectivity index (χ4n) is 2.51. The third kappa shape index (κ3) is 2.91. The van der Waals surface area contributed by atoms with Crippen LogP contribution in [0.4, 0.5) is 0 Å². The van der Waals surface area contributed by atoms with Crippen LogP contribution in [0.2, 0.25) is 10.0 Å². The first-order valence-electron chi connectivity index (χ1n) is 6.81. The van der Waals surface area contributed by atoms with Crippen molar-refractivity contribution in [1.29, 1.82) is 0 Å². The SMILES string of the molecule is O=C1CN(C(=O)c2ccccc2)[C@@H](c2ccc(Cl)cc2Cl)N1O. The monoisotopic (exact) mass is 350 g/mol. The van der Waals surface area contributed by atoms with Gasteiger partial charge in [0, 0.05) is 21.2 Å². The van der Waals surface area contributed by atoms with Crippen LogP contribution >= 0.6 is 23.2 Å². The molecule has 7 heteroatoms. The summed E-state index contributed by atoms with van der Waals surface area (Å²) < 4.78 is 0. The molecule has 2 aromatic carbocycles. The molecule has 1 N–H and O–H groups in total. The van der Waals surface area contributed by atoms with Gasteiger partial charge in [0.25, 0.3) is 11.8 Å². The predicted molar refractivity (Wildman–Crippen MR) is 85.3 cm³/mol. The van der Waals surface area contributed by atoms with Crippen molar-refractivity contribution in [3.8, 4) is 0 Å². The smallest absolute Gasteiger partial charge is 0.267 e. The van der Waals surface area contributed by atoms with Crippen LogP contribution in [0.25, 0.3) is 0 Å². The molecular weight excluding hydrogens is 339 g/mol. The van der Waals surface area contributed by atoms with Crippen molar-refractivity contribution in [1.82, 2.24) is 9.96 Å². The van der Waals surface area contributed by atoms with Gasteiger partial charge in [-0.2, -0.15) is 5.06 Å². The number of hydroxylamine groups is 2. The Morgan fingerprint density at radius 3 is 2.48 bits per heavy atom. The van der Waals surface area contributed by atoms with Crippen LogP contribution in [0, 0.1) is 0 Å². The molecule has 1 fully saturated rings. The average Bonchev–Trinajstić information content (AvgIpc) is 2.83. The number of hydrogen-bond donors (Lipinski definition) is 1. The molecular formula is C16H12Cl2N2O3. The molecule has 0 aliphatic carbocycles. The molecule has 0 saturated carbocycles. The standard InChI is InChI=1S/C16H12Cl2N2O3/c17-11-6-7-12(13(18)8-11)15-19(9-14(21)20(15)23)16(22)10-4-2-1-3-5-10/h1-8,15,23H,9H2/t15-/m1/s1. The zero-order valence-electron chi connectivity index (χ0n) is 11.8. The van der Waals surface area contributed by atoms with Gasteiger partial charge in [-0.3, -0.25) is 14.8 Å². The number of amides is 2. The van der Waals surface area contributed by atoms with Gasteiger partial charge >= 0.3 is 0 Å². The predicted octanol–water partition coefficient (Wildman–Crippen LogP) is 3.37. The minimum Gasteiger partial charge on any atom is -0.302 e. The Labute approximate surface area is 142 Å². The Bertz CT molecular complexity index is 767. The first kappa shape index (κ1) is 15.8. The summed E-state index contributed by atoms with van der Waals surface area (Å²) in [5.74, 6) is -0.947. The number of carbonyl (C=O) groups excluding carboxylic acids is 2. The molecule has 0 radical (unpaired) electrons. The van der Waals surface area contributed by atoms with E-state index in [9.17, 15) is 14.8 Å². The third-order valence-corrected chi connectivity index (χ3v) is 4.17. The lowest BCUT2D eigenvalue weighted by Gasteiger charge is -2.27. The van der Waals surface area contributed by atoms with Crippen LogP contribution in [0.5, 0.6) is 0 Å². The van der Waals surface area contributed by atoms with E-state index in [1.807, 2.05) is 0 Å². The van der Waals surface area contributed by atoms with Crippen molar-refractivity contribution in [2.75, 3.05) is 6.54 Å². The van der Waals surface area contributed by atoms with Crippen LogP contribution in [0.1, 0.15) is 22.1 Å². The largest absolute Gasteiger partial charge is 0.302 e. The summed E-state index contributed by atoms with van der Waals surface area (Å²) in [6.45, 7) is -0.228. The highest BCUT2D eigenvalue weighted by Gasteiger charge is 2.42. The van der Waals surface area contributed by atoms with E-state index >= 15 is 0 Å². The second kappa shape index (κ2) is 6.20. The summed E-state index contributed by atoms with van der Waals surface area (Å²) in [4.78, 5) is 25.8. The summed E-state index contributed by atoms with van der Waals surface area (Å²) in [7, 11) is 0. The highest BCUT2D eigenvalue weighted by atomic mass is 35.5. The lowest BCUT2D eigenvalue weighted by molar-refractivity contribution is -0.168. The molecule has 1 aliphatic heterocycles. The quantitative estimate of drug-likeness (QED) is 0.844. The van der Waals surface area contributed by atoms with Gasteiger partial charge in [-0.05, 0) is 24.3 Å². The maximum Gasteiger partial charge on any atom is 0.267 e. The Balaban J connectivity index is 2.02. The molecule has 1 aliphatic rings. The van der Waals surface area contributed by atoms with E-state index < -0.39 is 12.1 Å². The molecule has 1 saturated heterocycles. The van der Waals surface area contributed by atoms with Crippen molar-refractivity contribution >= 4 is 35.0 Å². The van der Waals surface area contributed by atoms with Gasteiger partial charge in [0.05, 0.1) is 0 Å². The molecule has 1 atom stereocenters. The number of nitrogens with zero attached hydrogens (tertiary/aromatic N) is 2. The first-order chi connectivity index (χ1) is 11.0. The zero-order chi connectivity index (χ0) is 16.6. The molecule has 0 spiro atoms. The molecule has 3 rings (SSSR count). The summed E-state index contributed by atoms with van der Waals surface area (Å²) in [5, 5.41) is 11.3. The lowest BCUT2D eigenvalue weighted by Crippen LogP contribution is -2.34. The van der Waals surface area contributed by atoms with E-state index in [-0.39, 0.29) is 17.5 Å². The molecule has 23 heavy (non-hydrogen) atoms.